The molecule has 2 aromatic rings. The lowest BCUT2D eigenvalue weighted by Gasteiger charge is -2.33. The molecule has 2 aliphatic heterocycles. The van der Waals surface area contributed by atoms with Crippen LogP contribution < -0.4 is 10.2 Å². The van der Waals surface area contributed by atoms with Crippen LogP contribution in [0.5, 0.6) is 0 Å². The molecule has 2 aliphatic rings. The van der Waals surface area contributed by atoms with E-state index in [1.54, 1.807) is 24.3 Å². The number of rotatable bonds is 5. The van der Waals surface area contributed by atoms with Crippen molar-refractivity contribution in [2.45, 2.75) is 43.4 Å². The summed E-state index contributed by atoms with van der Waals surface area (Å²) in [6.07, 6.45) is 5.86. The quantitative estimate of drug-likeness (QED) is 0.747. The van der Waals surface area contributed by atoms with E-state index in [2.05, 4.69) is 10.2 Å². The smallest absolute Gasteiger partial charge is 0.255 e. The predicted molar refractivity (Wildman–Crippen MR) is 119 cm³/mol. The first-order chi connectivity index (χ1) is 15.0. The number of amides is 1. The van der Waals surface area contributed by atoms with Gasteiger partial charge in [0.05, 0.1) is 11.4 Å². The molecule has 0 unspecified atom stereocenters. The van der Waals surface area contributed by atoms with E-state index < -0.39 is 21.7 Å². The lowest BCUT2D eigenvalue weighted by atomic mass is 10.1. The number of nitrogens with zero attached hydrogens (tertiary/aromatic N) is 2. The molecule has 0 radical (unpaired) electrons. The van der Waals surface area contributed by atoms with Crippen LogP contribution in [0.25, 0.3) is 0 Å². The minimum absolute atomic E-state index is 0.0630. The lowest BCUT2D eigenvalue weighted by molar-refractivity contribution is 0.102. The fourth-order valence-electron chi connectivity index (χ4n) is 4.26. The van der Waals surface area contributed by atoms with Gasteiger partial charge in [-0.3, -0.25) is 4.79 Å². The van der Waals surface area contributed by atoms with Gasteiger partial charge in [-0.1, -0.05) is 18.6 Å². The molecular weight excluding hydrogens is 417 g/mol. The van der Waals surface area contributed by atoms with E-state index in [1.165, 1.54) is 22.5 Å². The summed E-state index contributed by atoms with van der Waals surface area (Å²) >= 11 is 0. The van der Waals surface area contributed by atoms with Gasteiger partial charge in [-0.15, -0.1) is 0 Å². The summed E-state index contributed by atoms with van der Waals surface area (Å²) in [7, 11) is -3.74. The van der Waals surface area contributed by atoms with E-state index in [0.717, 1.165) is 51.6 Å². The zero-order chi connectivity index (χ0) is 21.8. The molecule has 2 fully saturated rings. The number of anilines is 2. The van der Waals surface area contributed by atoms with Gasteiger partial charge < -0.3 is 10.2 Å². The van der Waals surface area contributed by atoms with Crippen molar-refractivity contribution in [3.8, 4) is 0 Å². The molecule has 0 aromatic heterocycles. The van der Waals surface area contributed by atoms with Crippen molar-refractivity contribution >= 4 is 27.3 Å². The molecule has 0 saturated carbocycles. The minimum Gasteiger partial charge on any atom is -0.370 e. The van der Waals surface area contributed by atoms with Crippen LogP contribution in [-0.2, 0) is 10.0 Å². The van der Waals surface area contributed by atoms with Gasteiger partial charge in [0.2, 0.25) is 10.0 Å². The first kappa shape index (κ1) is 21.8. The summed E-state index contributed by atoms with van der Waals surface area (Å²) in [4.78, 5) is 15.1. The van der Waals surface area contributed by atoms with Gasteiger partial charge in [0, 0.05) is 31.7 Å². The van der Waals surface area contributed by atoms with Crippen molar-refractivity contribution in [3.63, 3.8) is 0 Å². The highest BCUT2D eigenvalue weighted by Gasteiger charge is 2.31. The Morgan fingerprint density at radius 2 is 1.52 bits per heavy atom. The molecule has 2 aromatic carbocycles. The second kappa shape index (κ2) is 9.36. The number of benzene rings is 2. The van der Waals surface area contributed by atoms with Gasteiger partial charge in [0.15, 0.2) is 0 Å². The SMILES string of the molecule is O=C(Nc1ccccc1F)c1ccc(N2CCCCC2)c(S(=O)(=O)N2CCCCC2)c1. The molecule has 2 saturated heterocycles. The Balaban J connectivity index is 1.70. The summed E-state index contributed by atoms with van der Waals surface area (Å²) in [5.41, 5.74) is 0.903. The Morgan fingerprint density at radius 3 is 2.19 bits per heavy atom. The van der Waals surface area contributed by atoms with E-state index in [0.29, 0.717) is 18.8 Å². The fourth-order valence-corrected chi connectivity index (χ4v) is 6.01. The maximum Gasteiger partial charge on any atom is 0.255 e. The average Bonchev–Trinajstić information content (AvgIpc) is 2.81. The molecular formula is C23H28FN3O3S. The highest BCUT2D eigenvalue weighted by Crippen LogP contribution is 2.32. The zero-order valence-corrected chi connectivity index (χ0v) is 18.3. The van der Waals surface area contributed by atoms with E-state index >= 15 is 0 Å². The summed E-state index contributed by atoms with van der Waals surface area (Å²) < 4.78 is 42.6. The first-order valence-corrected chi connectivity index (χ1v) is 12.4. The second-order valence-corrected chi connectivity index (χ2v) is 10.0. The number of carbonyl (C=O) groups is 1. The normalized spacial score (nSPS) is 18.0. The first-order valence-electron chi connectivity index (χ1n) is 10.9. The highest BCUT2D eigenvalue weighted by molar-refractivity contribution is 7.89. The van der Waals surface area contributed by atoms with E-state index in [4.69, 9.17) is 0 Å². The van der Waals surface area contributed by atoms with Crippen LogP contribution in [-0.4, -0.2) is 44.8 Å². The second-order valence-electron chi connectivity index (χ2n) is 8.13. The van der Waals surface area contributed by atoms with Crippen LogP contribution in [0.2, 0.25) is 0 Å². The summed E-state index contributed by atoms with van der Waals surface area (Å²) in [5, 5.41) is 2.55. The molecule has 4 rings (SSSR count). The van der Waals surface area contributed by atoms with Gasteiger partial charge in [-0.05, 0) is 62.4 Å². The maximum absolute atomic E-state index is 14.0. The molecule has 1 N–H and O–H groups in total. The van der Waals surface area contributed by atoms with Crippen LogP contribution in [0, 0.1) is 5.82 Å². The number of hydrogen-bond acceptors (Lipinski definition) is 4. The Hall–Kier alpha value is -2.45. The number of hydrogen-bond donors (Lipinski definition) is 1. The predicted octanol–water partition coefficient (Wildman–Crippen LogP) is 4.24. The number of para-hydroxylation sites is 1. The molecule has 1 amide bonds. The largest absolute Gasteiger partial charge is 0.370 e. The van der Waals surface area contributed by atoms with Crippen LogP contribution in [0.3, 0.4) is 0 Å². The third-order valence-corrected chi connectivity index (χ3v) is 7.90. The lowest BCUT2D eigenvalue weighted by Crippen LogP contribution is -2.37. The number of sulfonamides is 1. The van der Waals surface area contributed by atoms with Gasteiger partial charge in [-0.25, -0.2) is 12.8 Å². The fraction of sp³-hybridized carbons (Fsp3) is 0.435. The molecule has 0 spiro atoms. The highest BCUT2D eigenvalue weighted by atomic mass is 32.2. The van der Waals surface area contributed by atoms with Crippen molar-refractivity contribution < 1.29 is 17.6 Å². The number of piperidine rings is 2. The van der Waals surface area contributed by atoms with Crippen LogP contribution in [0.4, 0.5) is 15.8 Å². The van der Waals surface area contributed by atoms with Gasteiger partial charge >= 0.3 is 0 Å². The molecule has 2 heterocycles. The van der Waals surface area contributed by atoms with Crippen molar-refractivity contribution in [1.82, 2.24) is 4.31 Å². The topological polar surface area (TPSA) is 69.7 Å². The maximum atomic E-state index is 14.0. The zero-order valence-electron chi connectivity index (χ0n) is 17.5. The van der Waals surface area contributed by atoms with E-state index in [-0.39, 0.29) is 16.1 Å². The average molecular weight is 446 g/mol. The van der Waals surface area contributed by atoms with Crippen molar-refractivity contribution in [1.29, 1.82) is 0 Å². The Morgan fingerprint density at radius 1 is 0.871 bits per heavy atom. The molecule has 6 nitrogen and oxygen atoms in total. The van der Waals surface area contributed by atoms with E-state index in [1.807, 2.05) is 0 Å². The van der Waals surface area contributed by atoms with Crippen molar-refractivity contribution in [2.75, 3.05) is 36.4 Å². The van der Waals surface area contributed by atoms with Crippen LogP contribution in [0.15, 0.2) is 47.4 Å². The molecule has 0 bridgehead atoms. The summed E-state index contributed by atoms with van der Waals surface area (Å²) in [6, 6.07) is 10.7. The summed E-state index contributed by atoms with van der Waals surface area (Å²) in [5.74, 6) is -1.08. The molecule has 0 aliphatic carbocycles. The van der Waals surface area contributed by atoms with E-state index in [9.17, 15) is 17.6 Å². The monoisotopic (exact) mass is 445 g/mol. The molecule has 8 heteroatoms. The molecule has 0 atom stereocenters. The Kier molecular flexibility index (Phi) is 6.57. The van der Waals surface area contributed by atoms with Crippen LogP contribution >= 0.6 is 0 Å². The third kappa shape index (κ3) is 4.75. The molecule has 166 valence electrons. The van der Waals surface area contributed by atoms with Gasteiger partial charge in [-0.2, -0.15) is 4.31 Å². The molecule has 31 heavy (non-hydrogen) atoms. The Labute approximate surface area is 183 Å². The van der Waals surface area contributed by atoms with Gasteiger partial charge in [0.25, 0.3) is 5.91 Å². The van der Waals surface area contributed by atoms with Gasteiger partial charge in [0.1, 0.15) is 10.7 Å². The number of halogens is 1. The Bertz CT molecular complexity index is 1050. The number of nitrogens with one attached hydrogen (secondary N) is 1. The van der Waals surface area contributed by atoms with Crippen LogP contribution in [0.1, 0.15) is 48.9 Å². The standard InChI is InChI=1S/C23H28FN3O3S/c24-19-9-3-4-10-20(19)25-23(28)18-11-12-21(26-13-5-1-6-14-26)22(17-18)31(29,30)27-15-7-2-8-16-27/h3-4,9-12,17H,1-2,5-8,13-16H2,(H,25,28). The third-order valence-electron chi connectivity index (χ3n) is 5.97. The number of carbonyl (C=O) groups excluding carboxylic acids is 1. The van der Waals surface area contributed by atoms with Crippen molar-refractivity contribution in [2.24, 2.45) is 0 Å². The minimum atomic E-state index is -3.74. The summed E-state index contributed by atoms with van der Waals surface area (Å²) in [6.45, 7) is 2.58. The van der Waals surface area contributed by atoms with Crippen molar-refractivity contribution in [3.05, 3.63) is 53.8 Å².